The van der Waals surface area contributed by atoms with E-state index in [2.05, 4.69) is 0 Å². The molecule has 0 N–H and O–H groups in total. The minimum absolute atomic E-state index is 0.205. The van der Waals surface area contributed by atoms with Crippen molar-refractivity contribution in [3.05, 3.63) is 89.5 Å². The monoisotopic (exact) mass is 485 g/mol. The molecule has 0 saturated heterocycles. The molecule has 0 radical (unpaired) electrons. The van der Waals surface area contributed by atoms with Crippen LogP contribution in [0.3, 0.4) is 0 Å². The third-order valence-corrected chi connectivity index (χ3v) is 7.15. The maximum Gasteiger partial charge on any atom is 0.321 e. The van der Waals surface area contributed by atoms with Gasteiger partial charge in [-0.25, -0.2) is 4.98 Å². The van der Waals surface area contributed by atoms with Crippen LogP contribution >= 0.6 is 11.8 Å². The Labute approximate surface area is 208 Å². The third-order valence-electron chi connectivity index (χ3n) is 6.40. The minimum atomic E-state index is -1.02. The number of hydrogen-bond acceptors (Lipinski definition) is 5. The molecule has 1 aliphatic heterocycles. The third kappa shape index (κ3) is 4.21. The molecule has 0 unspecified atom stereocenters. The number of aromatic nitrogens is 2. The largest absolute Gasteiger partial charge is 0.465 e. The van der Waals surface area contributed by atoms with Crippen LogP contribution in [0, 0.1) is 12.8 Å². The predicted molar refractivity (Wildman–Crippen MR) is 139 cm³/mol. The molecule has 2 heterocycles. The Bertz CT molecular complexity index is 1380. The van der Waals surface area contributed by atoms with Gasteiger partial charge in [-0.3, -0.25) is 14.5 Å². The number of amides is 1. The molecule has 0 spiro atoms. The van der Waals surface area contributed by atoms with E-state index in [1.807, 2.05) is 90.5 Å². The van der Waals surface area contributed by atoms with Gasteiger partial charge in [0.05, 0.1) is 30.2 Å². The van der Waals surface area contributed by atoms with Crippen LogP contribution in [0.4, 0.5) is 5.95 Å². The zero-order valence-corrected chi connectivity index (χ0v) is 20.8. The smallest absolute Gasteiger partial charge is 0.321 e. The fraction of sp³-hybridized carbons (Fsp3) is 0.250. The number of benzene rings is 3. The number of fused-ring (bicyclic) bond motifs is 3. The highest BCUT2D eigenvalue weighted by atomic mass is 32.2. The van der Waals surface area contributed by atoms with Crippen LogP contribution in [0.2, 0.25) is 0 Å². The molecular weight excluding hydrogens is 458 g/mol. The molecule has 6 nitrogen and oxygen atoms in total. The normalized spacial score (nSPS) is 17.5. The van der Waals surface area contributed by atoms with Crippen LogP contribution in [0.25, 0.3) is 11.0 Å². The van der Waals surface area contributed by atoms with E-state index >= 15 is 0 Å². The highest BCUT2D eigenvalue weighted by Gasteiger charge is 2.47. The standard InChI is InChI=1S/C28H27N3O3S/c1-4-34-27(33)24-25(20-13-15-21(35-3)16-14-20)31-23-8-6-5-7-22(23)29-28(31)30(26(24)32)17-19-11-9-18(2)10-12-19/h5-16,24-25H,4,17H2,1-3H3/t24-,25-/m1/s1. The number of ether oxygens (including phenoxy) is 1. The lowest BCUT2D eigenvalue weighted by Crippen LogP contribution is -2.49. The number of carbonyl (C=O) groups is 2. The van der Waals surface area contributed by atoms with Crippen molar-refractivity contribution in [1.82, 2.24) is 9.55 Å². The summed E-state index contributed by atoms with van der Waals surface area (Å²) in [6.07, 6.45) is 2.02. The quantitative estimate of drug-likeness (QED) is 0.208. The van der Waals surface area contributed by atoms with Gasteiger partial charge in [0.15, 0.2) is 5.92 Å². The number of para-hydroxylation sites is 2. The molecule has 178 valence electrons. The Balaban J connectivity index is 1.72. The van der Waals surface area contributed by atoms with Crippen molar-refractivity contribution in [2.24, 2.45) is 5.92 Å². The molecule has 5 rings (SSSR count). The zero-order valence-electron chi connectivity index (χ0n) is 20.0. The fourth-order valence-corrected chi connectivity index (χ4v) is 5.08. The first-order valence-electron chi connectivity index (χ1n) is 11.7. The topological polar surface area (TPSA) is 64.4 Å². The lowest BCUT2D eigenvalue weighted by Gasteiger charge is -2.38. The first-order chi connectivity index (χ1) is 17.0. The predicted octanol–water partition coefficient (Wildman–Crippen LogP) is 5.38. The highest BCUT2D eigenvalue weighted by Crippen LogP contribution is 2.42. The fourth-order valence-electron chi connectivity index (χ4n) is 4.68. The molecule has 0 saturated carbocycles. The van der Waals surface area contributed by atoms with Crippen molar-refractivity contribution in [2.75, 3.05) is 17.8 Å². The molecule has 3 aromatic carbocycles. The summed E-state index contributed by atoms with van der Waals surface area (Å²) in [6.45, 7) is 4.31. The van der Waals surface area contributed by atoms with Gasteiger partial charge in [0.25, 0.3) is 0 Å². The summed E-state index contributed by atoms with van der Waals surface area (Å²) in [7, 11) is 0. The van der Waals surface area contributed by atoms with Crippen molar-refractivity contribution in [2.45, 2.75) is 31.3 Å². The van der Waals surface area contributed by atoms with Gasteiger partial charge in [-0.1, -0.05) is 54.1 Å². The van der Waals surface area contributed by atoms with E-state index in [1.165, 1.54) is 0 Å². The molecule has 0 bridgehead atoms. The van der Waals surface area contributed by atoms with Crippen molar-refractivity contribution in [3.63, 3.8) is 0 Å². The number of hydrogen-bond donors (Lipinski definition) is 0. The molecule has 0 fully saturated rings. The second-order valence-corrected chi connectivity index (χ2v) is 9.51. The Morgan fingerprint density at radius 2 is 1.74 bits per heavy atom. The molecule has 35 heavy (non-hydrogen) atoms. The molecule has 1 amide bonds. The van der Waals surface area contributed by atoms with E-state index in [0.29, 0.717) is 12.5 Å². The number of esters is 1. The van der Waals surface area contributed by atoms with E-state index in [-0.39, 0.29) is 12.5 Å². The Morgan fingerprint density at radius 1 is 1.03 bits per heavy atom. The molecule has 2 atom stereocenters. The van der Waals surface area contributed by atoms with Crippen LogP contribution in [-0.2, 0) is 20.9 Å². The lowest BCUT2D eigenvalue weighted by molar-refractivity contribution is -0.153. The van der Waals surface area contributed by atoms with E-state index in [9.17, 15) is 9.59 Å². The molecule has 1 aliphatic rings. The maximum atomic E-state index is 14.0. The first kappa shape index (κ1) is 23.2. The van der Waals surface area contributed by atoms with Gasteiger partial charge in [0, 0.05) is 4.90 Å². The van der Waals surface area contributed by atoms with Gasteiger partial charge in [-0.05, 0) is 55.5 Å². The summed E-state index contributed by atoms with van der Waals surface area (Å²) in [5, 5.41) is 0. The Hall–Kier alpha value is -3.58. The van der Waals surface area contributed by atoms with Crippen LogP contribution in [0.15, 0.2) is 77.7 Å². The van der Waals surface area contributed by atoms with Crippen LogP contribution < -0.4 is 4.90 Å². The second-order valence-electron chi connectivity index (χ2n) is 8.63. The maximum absolute atomic E-state index is 14.0. The van der Waals surface area contributed by atoms with E-state index in [1.54, 1.807) is 23.6 Å². The summed E-state index contributed by atoms with van der Waals surface area (Å²) in [5.41, 5.74) is 4.63. The number of thioether (sulfide) groups is 1. The van der Waals surface area contributed by atoms with Crippen LogP contribution in [0.1, 0.15) is 29.7 Å². The molecular formula is C28H27N3O3S. The minimum Gasteiger partial charge on any atom is -0.465 e. The molecule has 7 heteroatoms. The van der Waals surface area contributed by atoms with Crippen molar-refractivity contribution in [3.8, 4) is 0 Å². The lowest BCUT2D eigenvalue weighted by atomic mass is 9.89. The van der Waals surface area contributed by atoms with Gasteiger partial charge in [-0.2, -0.15) is 0 Å². The number of nitrogens with zero attached hydrogens (tertiary/aromatic N) is 3. The number of rotatable bonds is 6. The van der Waals surface area contributed by atoms with Gasteiger partial charge < -0.3 is 9.30 Å². The SMILES string of the molecule is CCOC(=O)[C@H]1C(=O)N(Cc2ccc(C)cc2)c2nc3ccccc3n2[C@@H]1c1ccc(SC)cc1. The highest BCUT2D eigenvalue weighted by molar-refractivity contribution is 7.98. The van der Waals surface area contributed by atoms with Crippen molar-refractivity contribution >= 4 is 40.6 Å². The van der Waals surface area contributed by atoms with E-state index in [4.69, 9.17) is 9.72 Å². The Morgan fingerprint density at radius 3 is 2.43 bits per heavy atom. The summed E-state index contributed by atoms with van der Waals surface area (Å²) in [6, 6.07) is 23.3. The van der Waals surface area contributed by atoms with Gasteiger partial charge in [0.1, 0.15) is 0 Å². The number of aryl methyl sites for hydroxylation is 1. The van der Waals surface area contributed by atoms with Gasteiger partial charge >= 0.3 is 5.97 Å². The van der Waals surface area contributed by atoms with Gasteiger partial charge in [0.2, 0.25) is 11.9 Å². The second kappa shape index (κ2) is 9.58. The molecule has 0 aliphatic carbocycles. The summed E-state index contributed by atoms with van der Waals surface area (Å²) in [5.74, 6) is -1.30. The Kier molecular flexibility index (Phi) is 6.34. The number of anilines is 1. The zero-order chi connectivity index (χ0) is 24.5. The van der Waals surface area contributed by atoms with E-state index in [0.717, 1.165) is 32.6 Å². The van der Waals surface area contributed by atoms with E-state index < -0.39 is 17.9 Å². The van der Waals surface area contributed by atoms with Crippen molar-refractivity contribution < 1.29 is 14.3 Å². The summed E-state index contributed by atoms with van der Waals surface area (Å²) in [4.78, 5) is 34.9. The molecule has 4 aromatic rings. The van der Waals surface area contributed by atoms with Crippen LogP contribution in [-0.4, -0.2) is 34.3 Å². The first-order valence-corrected chi connectivity index (χ1v) is 12.9. The molecule has 1 aromatic heterocycles. The van der Waals surface area contributed by atoms with Crippen LogP contribution in [0.5, 0.6) is 0 Å². The summed E-state index contributed by atoms with van der Waals surface area (Å²) < 4.78 is 7.47. The average molecular weight is 486 g/mol. The number of carbonyl (C=O) groups excluding carboxylic acids is 2. The van der Waals surface area contributed by atoms with Crippen molar-refractivity contribution in [1.29, 1.82) is 0 Å². The summed E-state index contributed by atoms with van der Waals surface area (Å²) >= 11 is 1.65. The van der Waals surface area contributed by atoms with Gasteiger partial charge in [-0.15, -0.1) is 11.8 Å². The average Bonchev–Trinajstić information content (AvgIpc) is 3.26. The number of imidazole rings is 1.